The molecule has 14 heavy (non-hydrogen) atoms. The number of ether oxygens (including phenoxy) is 1. The van der Waals surface area contributed by atoms with E-state index < -0.39 is 10.3 Å². The summed E-state index contributed by atoms with van der Waals surface area (Å²) in [5.74, 6) is 0. The molecule has 0 aliphatic rings. The minimum absolute atomic E-state index is 0.435. The molecule has 0 rings (SSSR count). The molecule has 0 saturated carbocycles. The third-order valence-electron chi connectivity index (χ3n) is 0.977. The summed E-state index contributed by atoms with van der Waals surface area (Å²) in [7, 11) is 1.73. The van der Waals surface area contributed by atoms with Gasteiger partial charge >= 0.3 is 0 Å². The summed E-state index contributed by atoms with van der Waals surface area (Å²) in [6, 6.07) is 0. The summed E-state index contributed by atoms with van der Waals surface area (Å²) in [4.78, 5) is 0. The minimum atomic E-state index is -0.500. The summed E-state index contributed by atoms with van der Waals surface area (Å²) in [6.45, 7) is 4.16. The zero-order chi connectivity index (χ0) is 12.1. The van der Waals surface area contributed by atoms with Gasteiger partial charge in [-0.05, 0) is 37.8 Å². The Morgan fingerprint density at radius 2 is 1.50 bits per heavy atom. The first-order chi connectivity index (χ1) is 6.27. The third-order valence-corrected chi connectivity index (χ3v) is 0.977. The summed E-state index contributed by atoms with van der Waals surface area (Å²) in [5.41, 5.74) is 8.80. The molecular formula is C7H18N2O3S2. The molecule has 7 heteroatoms. The average molecular weight is 242 g/mol. The number of methoxy groups -OCH3 is 1. The normalized spacial score (nSPS) is 9.64. The highest BCUT2D eigenvalue weighted by molar-refractivity contribution is 7.80. The number of nitrogens with two attached hydrogens (primary N) is 2. The molecule has 0 saturated heterocycles. The highest BCUT2D eigenvalue weighted by atomic mass is 32.1. The SMILES string of the molecule is CCC(C)OC.NC(O)=S.NC(O)=S. The van der Waals surface area contributed by atoms with Crippen molar-refractivity contribution in [1.29, 1.82) is 0 Å². The Labute approximate surface area is 95.0 Å². The van der Waals surface area contributed by atoms with E-state index >= 15 is 0 Å². The first-order valence-electron chi connectivity index (χ1n) is 3.77. The molecule has 6 N–H and O–H groups in total. The lowest BCUT2D eigenvalue weighted by Gasteiger charge is -2.01. The summed E-state index contributed by atoms with van der Waals surface area (Å²) >= 11 is 7.74. The Balaban J connectivity index is -0.000000135. The van der Waals surface area contributed by atoms with Crippen molar-refractivity contribution in [3.8, 4) is 0 Å². The maximum atomic E-state index is 7.56. The lowest BCUT2D eigenvalue weighted by molar-refractivity contribution is 0.115. The van der Waals surface area contributed by atoms with Crippen LogP contribution in [0.4, 0.5) is 0 Å². The van der Waals surface area contributed by atoms with Crippen LogP contribution in [0.3, 0.4) is 0 Å². The molecule has 0 aromatic rings. The van der Waals surface area contributed by atoms with E-state index in [1.165, 1.54) is 0 Å². The molecule has 0 spiro atoms. The van der Waals surface area contributed by atoms with Crippen molar-refractivity contribution in [3.63, 3.8) is 0 Å². The Morgan fingerprint density at radius 3 is 1.50 bits per heavy atom. The molecule has 5 nitrogen and oxygen atoms in total. The van der Waals surface area contributed by atoms with Crippen LogP contribution in [0, 0.1) is 0 Å². The molecule has 0 aromatic carbocycles. The van der Waals surface area contributed by atoms with E-state index in [2.05, 4.69) is 49.8 Å². The van der Waals surface area contributed by atoms with E-state index in [-0.39, 0.29) is 0 Å². The van der Waals surface area contributed by atoms with Gasteiger partial charge in [0.1, 0.15) is 0 Å². The summed E-state index contributed by atoms with van der Waals surface area (Å²) < 4.78 is 4.90. The van der Waals surface area contributed by atoms with Crippen molar-refractivity contribution < 1.29 is 14.9 Å². The number of rotatable bonds is 2. The topological polar surface area (TPSA) is 102 Å². The van der Waals surface area contributed by atoms with E-state index in [0.29, 0.717) is 6.10 Å². The molecule has 86 valence electrons. The summed E-state index contributed by atoms with van der Waals surface area (Å²) in [6.07, 6.45) is 1.54. The van der Waals surface area contributed by atoms with Gasteiger partial charge in [0.05, 0.1) is 6.10 Å². The molecule has 0 aliphatic heterocycles. The van der Waals surface area contributed by atoms with E-state index in [1.807, 2.05) is 0 Å². The largest absolute Gasteiger partial charge is 0.487 e. The van der Waals surface area contributed by atoms with Crippen molar-refractivity contribution in [3.05, 3.63) is 0 Å². The average Bonchev–Trinajstić information content (AvgIpc) is 2.01. The predicted molar refractivity (Wildman–Crippen MR) is 65.6 cm³/mol. The monoisotopic (exact) mass is 242 g/mol. The van der Waals surface area contributed by atoms with Crippen LogP contribution in [-0.2, 0) is 4.74 Å². The molecule has 0 aliphatic carbocycles. The first-order valence-corrected chi connectivity index (χ1v) is 4.59. The van der Waals surface area contributed by atoms with Gasteiger partial charge in [-0.3, -0.25) is 0 Å². The lowest BCUT2D eigenvalue weighted by Crippen LogP contribution is -2.03. The van der Waals surface area contributed by atoms with Crippen molar-refractivity contribution in [1.82, 2.24) is 0 Å². The zero-order valence-corrected chi connectivity index (χ0v) is 10.2. The Bertz CT molecular complexity index is 132. The van der Waals surface area contributed by atoms with Gasteiger partial charge in [0, 0.05) is 7.11 Å². The lowest BCUT2D eigenvalue weighted by atomic mass is 10.3. The third kappa shape index (κ3) is 109. The summed E-state index contributed by atoms with van der Waals surface area (Å²) in [5, 5.41) is 14.1. The molecule has 1 unspecified atom stereocenters. The number of thiocarbonyl (C=S) groups is 2. The van der Waals surface area contributed by atoms with E-state index in [0.717, 1.165) is 6.42 Å². The first kappa shape index (κ1) is 19.0. The number of hydrogen-bond acceptors (Lipinski definition) is 3. The molecule has 0 aromatic heterocycles. The van der Waals surface area contributed by atoms with Crippen LogP contribution in [0.15, 0.2) is 0 Å². The van der Waals surface area contributed by atoms with Gasteiger partial charge in [-0.25, -0.2) is 0 Å². The molecular weight excluding hydrogens is 224 g/mol. The van der Waals surface area contributed by atoms with Crippen molar-refractivity contribution in [2.24, 2.45) is 11.5 Å². The van der Waals surface area contributed by atoms with Gasteiger partial charge < -0.3 is 26.4 Å². The highest BCUT2D eigenvalue weighted by Gasteiger charge is 1.88. The zero-order valence-electron chi connectivity index (χ0n) is 8.56. The molecule has 0 heterocycles. The van der Waals surface area contributed by atoms with Gasteiger partial charge in [-0.1, -0.05) is 6.92 Å². The van der Waals surface area contributed by atoms with Crippen molar-refractivity contribution in [2.75, 3.05) is 7.11 Å². The van der Waals surface area contributed by atoms with Crippen LogP contribution in [-0.4, -0.2) is 33.8 Å². The smallest absolute Gasteiger partial charge is 0.251 e. The second kappa shape index (κ2) is 14.8. The highest BCUT2D eigenvalue weighted by Crippen LogP contribution is 1.89. The second-order valence-electron chi connectivity index (χ2n) is 2.13. The maximum absolute atomic E-state index is 7.56. The molecule has 0 fully saturated rings. The Morgan fingerprint density at radius 1 is 1.29 bits per heavy atom. The van der Waals surface area contributed by atoms with Gasteiger partial charge in [0.15, 0.2) is 0 Å². The quantitative estimate of drug-likeness (QED) is 0.536. The van der Waals surface area contributed by atoms with Crippen molar-refractivity contribution in [2.45, 2.75) is 26.4 Å². The van der Waals surface area contributed by atoms with Crippen LogP contribution in [0.2, 0.25) is 0 Å². The fourth-order valence-electron chi connectivity index (χ4n) is 0.167. The van der Waals surface area contributed by atoms with Gasteiger partial charge in [0.25, 0.3) is 10.3 Å². The maximum Gasteiger partial charge on any atom is 0.251 e. The fourth-order valence-corrected chi connectivity index (χ4v) is 0.167. The predicted octanol–water partition coefficient (Wildman–Crippen LogP) is 1.01. The van der Waals surface area contributed by atoms with Gasteiger partial charge in [0.2, 0.25) is 0 Å². The Hall–Kier alpha value is -0.660. The van der Waals surface area contributed by atoms with Crippen LogP contribution in [0.1, 0.15) is 20.3 Å². The van der Waals surface area contributed by atoms with E-state index in [4.69, 9.17) is 14.9 Å². The second-order valence-corrected chi connectivity index (χ2v) is 2.97. The van der Waals surface area contributed by atoms with E-state index in [1.54, 1.807) is 7.11 Å². The standard InChI is InChI=1S/C5H12O.2CH3NOS/c1-4-5(2)6-3;2*2-1(3)4/h5H,4H2,1-3H3;2*(H3,2,3,4). The van der Waals surface area contributed by atoms with Crippen LogP contribution >= 0.6 is 24.4 Å². The number of aliphatic hydroxyl groups is 2. The van der Waals surface area contributed by atoms with Crippen LogP contribution < -0.4 is 11.5 Å². The number of aliphatic hydroxyl groups excluding tert-OH is 2. The van der Waals surface area contributed by atoms with E-state index in [9.17, 15) is 0 Å². The van der Waals surface area contributed by atoms with Crippen LogP contribution in [0.5, 0.6) is 0 Å². The molecule has 0 amide bonds. The van der Waals surface area contributed by atoms with Crippen LogP contribution in [0.25, 0.3) is 0 Å². The minimum Gasteiger partial charge on any atom is -0.487 e. The van der Waals surface area contributed by atoms with Crippen molar-refractivity contribution >= 4 is 34.8 Å². The number of hydrogen-bond donors (Lipinski definition) is 4. The van der Waals surface area contributed by atoms with Gasteiger partial charge in [-0.15, -0.1) is 0 Å². The molecule has 0 radical (unpaired) electrons. The van der Waals surface area contributed by atoms with Gasteiger partial charge in [-0.2, -0.15) is 0 Å². The fraction of sp³-hybridized carbons (Fsp3) is 0.714. The molecule has 1 atom stereocenters. The Kier molecular flexibility index (Phi) is 20.1. The molecule has 0 bridgehead atoms.